The molecule has 1 saturated heterocycles. The normalized spacial score (nSPS) is 18.6. The van der Waals surface area contributed by atoms with Crippen molar-refractivity contribution in [3.63, 3.8) is 0 Å². The molecule has 0 spiro atoms. The fourth-order valence-electron chi connectivity index (χ4n) is 3.25. The van der Waals surface area contributed by atoms with Crippen LogP contribution in [-0.2, 0) is 0 Å². The molecule has 1 amide bonds. The van der Waals surface area contributed by atoms with E-state index in [1.54, 1.807) is 22.5 Å². The fraction of sp³-hybridized carbons (Fsp3) is 0.250. The van der Waals surface area contributed by atoms with Gasteiger partial charge in [0.2, 0.25) is 0 Å². The highest BCUT2D eigenvalue weighted by molar-refractivity contribution is 7.03. The van der Waals surface area contributed by atoms with Crippen molar-refractivity contribution in [3.8, 4) is 16.9 Å². The van der Waals surface area contributed by atoms with E-state index < -0.39 is 23.8 Å². The molecule has 1 aliphatic heterocycles. The van der Waals surface area contributed by atoms with Gasteiger partial charge in [-0.3, -0.25) is 4.79 Å². The molecule has 168 valence electrons. The van der Waals surface area contributed by atoms with Gasteiger partial charge in [-0.05, 0) is 41.9 Å². The molecule has 0 radical (unpaired) electrons. The highest BCUT2D eigenvalue weighted by atomic mass is 35.5. The van der Waals surface area contributed by atoms with E-state index in [9.17, 15) is 23.1 Å². The molecule has 0 bridgehead atoms. The predicted octanol–water partition coefficient (Wildman–Crippen LogP) is 4.14. The molecule has 32 heavy (non-hydrogen) atoms. The van der Waals surface area contributed by atoms with E-state index in [1.807, 2.05) is 0 Å². The van der Waals surface area contributed by atoms with Crippen LogP contribution in [0.5, 0.6) is 5.75 Å². The molecule has 1 fully saturated rings. The lowest BCUT2D eigenvalue weighted by atomic mass is 10.1. The van der Waals surface area contributed by atoms with Crippen molar-refractivity contribution in [2.75, 3.05) is 23.3 Å². The van der Waals surface area contributed by atoms with Crippen molar-refractivity contribution in [1.82, 2.24) is 9.36 Å². The van der Waals surface area contributed by atoms with Crippen LogP contribution in [-0.4, -0.2) is 51.3 Å². The van der Waals surface area contributed by atoms with Gasteiger partial charge < -0.3 is 20.1 Å². The number of benzene rings is 1. The predicted molar refractivity (Wildman–Crippen MR) is 114 cm³/mol. The van der Waals surface area contributed by atoms with E-state index in [0.29, 0.717) is 22.6 Å². The molecule has 12 heteroatoms. The topological polar surface area (TPSA) is 87.6 Å². The van der Waals surface area contributed by atoms with Crippen molar-refractivity contribution in [1.29, 1.82) is 0 Å². The molecule has 4 rings (SSSR count). The minimum atomic E-state index is -3.83. The number of β-amino-alcohol motifs (C(OH)–C–C–N with tert-alkyl or cyclic N) is 1. The standard InChI is InChI=1S/C20H16ClF3N4O3S/c21-20(23,24)31-14-3-1-13(2-4-14)27-19(30)11-5-15(12-7-26-32-10-12)18(25-6-11)28-8-16(22)17(29)9-28/h1-7,10,16-17,29H,8-9H2,(H,27,30). The lowest BCUT2D eigenvalue weighted by Crippen LogP contribution is -2.23. The molecular weight excluding hydrogens is 469 g/mol. The summed E-state index contributed by atoms with van der Waals surface area (Å²) in [7, 11) is 0. The number of hydrogen-bond donors (Lipinski definition) is 2. The summed E-state index contributed by atoms with van der Waals surface area (Å²) < 4.78 is 47.6. The number of aromatic nitrogens is 2. The van der Waals surface area contributed by atoms with Gasteiger partial charge in [-0.1, -0.05) is 0 Å². The Balaban J connectivity index is 1.56. The van der Waals surface area contributed by atoms with Crippen LogP contribution >= 0.6 is 23.1 Å². The molecule has 2 atom stereocenters. The van der Waals surface area contributed by atoms with Gasteiger partial charge in [-0.25, -0.2) is 13.7 Å². The Kier molecular flexibility index (Phi) is 6.22. The summed E-state index contributed by atoms with van der Waals surface area (Å²) in [5.74, 6) is -0.223. The molecule has 3 aromatic rings. The minimum Gasteiger partial charge on any atom is -0.420 e. The van der Waals surface area contributed by atoms with Crippen molar-refractivity contribution >= 4 is 40.5 Å². The van der Waals surface area contributed by atoms with Gasteiger partial charge in [0.25, 0.3) is 5.91 Å². The average Bonchev–Trinajstić information content (AvgIpc) is 3.38. The summed E-state index contributed by atoms with van der Waals surface area (Å²) in [6.45, 7) is 0.0695. The number of aliphatic hydroxyl groups excluding tert-OH is 1. The number of hydrogen-bond acceptors (Lipinski definition) is 7. The number of nitrogens with one attached hydrogen (secondary N) is 1. The van der Waals surface area contributed by atoms with Crippen molar-refractivity contribution < 1.29 is 27.8 Å². The Morgan fingerprint density at radius 2 is 2.03 bits per heavy atom. The quantitative estimate of drug-likeness (QED) is 0.511. The first kappa shape index (κ1) is 22.3. The number of carbonyl (C=O) groups excluding carboxylic acids is 1. The zero-order valence-corrected chi connectivity index (χ0v) is 17.8. The Morgan fingerprint density at radius 1 is 1.28 bits per heavy atom. The summed E-state index contributed by atoms with van der Waals surface area (Å²) >= 11 is 5.94. The Labute approximate surface area is 189 Å². The molecule has 7 nitrogen and oxygen atoms in total. The number of carbonyl (C=O) groups is 1. The minimum absolute atomic E-state index is 0.0138. The second-order valence-electron chi connectivity index (χ2n) is 7.02. The highest BCUT2D eigenvalue weighted by Crippen LogP contribution is 2.33. The molecule has 1 aromatic carbocycles. The van der Waals surface area contributed by atoms with Crippen LogP contribution in [0.2, 0.25) is 0 Å². The second-order valence-corrected chi connectivity index (χ2v) is 8.12. The third-order valence-electron chi connectivity index (χ3n) is 4.74. The van der Waals surface area contributed by atoms with E-state index in [0.717, 1.165) is 0 Å². The van der Waals surface area contributed by atoms with Crippen LogP contribution in [0.15, 0.2) is 48.1 Å². The zero-order valence-electron chi connectivity index (χ0n) is 16.2. The Hall–Kier alpha value is -2.89. The van der Waals surface area contributed by atoms with Gasteiger partial charge in [0, 0.05) is 52.7 Å². The third kappa shape index (κ3) is 5.12. The molecule has 0 saturated carbocycles. The first-order valence-corrected chi connectivity index (χ1v) is 10.5. The van der Waals surface area contributed by atoms with Gasteiger partial charge in [-0.15, -0.1) is 8.78 Å². The van der Waals surface area contributed by atoms with Crippen LogP contribution < -0.4 is 15.0 Å². The average molecular weight is 485 g/mol. The second kappa shape index (κ2) is 8.93. The van der Waals surface area contributed by atoms with Gasteiger partial charge in [0.05, 0.1) is 12.1 Å². The molecule has 2 N–H and O–H groups in total. The number of aliphatic hydroxyl groups is 1. The van der Waals surface area contributed by atoms with E-state index >= 15 is 0 Å². The van der Waals surface area contributed by atoms with Crippen LogP contribution in [0.1, 0.15) is 10.4 Å². The molecule has 2 aromatic heterocycles. The lowest BCUT2D eigenvalue weighted by Gasteiger charge is -2.20. The molecule has 3 heterocycles. The maximum atomic E-state index is 13.8. The number of rotatable bonds is 6. The summed E-state index contributed by atoms with van der Waals surface area (Å²) in [5.41, 5.74) is -2.00. The van der Waals surface area contributed by atoms with Gasteiger partial charge in [0.1, 0.15) is 23.8 Å². The number of ether oxygens (including phenoxy) is 1. The zero-order chi connectivity index (χ0) is 22.9. The number of halogens is 4. The van der Waals surface area contributed by atoms with Crippen LogP contribution in [0.25, 0.3) is 11.1 Å². The van der Waals surface area contributed by atoms with Gasteiger partial charge in [0.15, 0.2) is 0 Å². The van der Waals surface area contributed by atoms with Crippen molar-refractivity contribution in [2.45, 2.75) is 17.8 Å². The van der Waals surface area contributed by atoms with E-state index in [4.69, 9.17) is 11.6 Å². The van der Waals surface area contributed by atoms with Crippen molar-refractivity contribution in [3.05, 3.63) is 53.7 Å². The first-order valence-electron chi connectivity index (χ1n) is 9.33. The number of nitrogens with zero attached hydrogens (tertiary/aromatic N) is 3. The van der Waals surface area contributed by atoms with E-state index in [1.165, 1.54) is 42.0 Å². The smallest absolute Gasteiger partial charge is 0.420 e. The number of amides is 1. The Morgan fingerprint density at radius 3 is 2.62 bits per heavy atom. The maximum Gasteiger partial charge on any atom is 0.487 e. The van der Waals surface area contributed by atoms with Crippen LogP contribution in [0, 0.1) is 0 Å². The summed E-state index contributed by atoms with van der Waals surface area (Å²) in [6, 6.07) is 6.84. The van der Waals surface area contributed by atoms with Crippen LogP contribution in [0.4, 0.5) is 24.7 Å². The largest absolute Gasteiger partial charge is 0.487 e. The van der Waals surface area contributed by atoms with Crippen LogP contribution in [0.3, 0.4) is 0 Å². The molecule has 0 aliphatic carbocycles. The third-order valence-corrected chi connectivity index (χ3v) is 5.40. The number of pyridine rings is 1. The van der Waals surface area contributed by atoms with Gasteiger partial charge in [-0.2, -0.15) is 0 Å². The first-order chi connectivity index (χ1) is 15.2. The molecule has 1 aliphatic rings. The molecular formula is C20H16ClF3N4O3S. The number of anilines is 2. The lowest BCUT2D eigenvalue weighted by molar-refractivity contribution is -0.0964. The SMILES string of the molecule is O=C(Nc1ccc(OC(F)(F)Cl)cc1)c1cnc(N2CC(O)C(F)C2)c(-c2cnsc2)c1. The van der Waals surface area contributed by atoms with E-state index in [-0.39, 0.29) is 24.4 Å². The van der Waals surface area contributed by atoms with E-state index in [2.05, 4.69) is 19.4 Å². The monoisotopic (exact) mass is 484 g/mol. The summed E-state index contributed by atoms with van der Waals surface area (Å²) in [6.07, 6.45) is 0.451. The summed E-state index contributed by atoms with van der Waals surface area (Å²) in [5, 5.41) is 14.2. The maximum absolute atomic E-state index is 13.8. The highest BCUT2D eigenvalue weighted by Gasteiger charge is 2.33. The van der Waals surface area contributed by atoms with Crippen molar-refractivity contribution in [2.24, 2.45) is 0 Å². The fourth-order valence-corrected chi connectivity index (χ4v) is 3.87. The van der Waals surface area contributed by atoms with Gasteiger partial charge >= 0.3 is 5.57 Å². The Bertz CT molecular complexity index is 1090. The molecule has 2 unspecified atom stereocenters. The summed E-state index contributed by atoms with van der Waals surface area (Å²) in [4.78, 5) is 18.7. The number of alkyl halides is 4.